The molecule has 0 aromatic heterocycles. The van der Waals surface area contributed by atoms with Crippen LogP contribution in [-0.4, -0.2) is 61.1 Å². The van der Waals surface area contributed by atoms with Crippen LogP contribution in [-0.2, 0) is 38.1 Å². The van der Waals surface area contributed by atoms with Gasteiger partial charge in [-0.05, 0) is 24.3 Å². The van der Waals surface area contributed by atoms with E-state index in [-0.39, 0.29) is 6.61 Å². The number of hydrogen-bond acceptors (Lipinski definition) is 9. The van der Waals surface area contributed by atoms with Crippen LogP contribution < -0.4 is 10.1 Å². The van der Waals surface area contributed by atoms with E-state index in [9.17, 15) is 19.2 Å². The van der Waals surface area contributed by atoms with Crippen molar-refractivity contribution in [1.29, 1.82) is 0 Å². The van der Waals surface area contributed by atoms with Crippen molar-refractivity contribution in [2.75, 3.05) is 6.61 Å². The van der Waals surface area contributed by atoms with E-state index in [2.05, 4.69) is 21.2 Å². The SMILES string of the molecule is CC(=O)NC1C(Oc2ccc(Br)cc2)OC(COC(C)=O)C(OC(C)=O)C1OC(C)=O. The first-order valence-electron chi connectivity index (χ1n) is 9.39. The predicted molar refractivity (Wildman–Crippen MR) is 109 cm³/mol. The molecule has 1 aromatic carbocycles. The maximum atomic E-state index is 11.9. The summed E-state index contributed by atoms with van der Waals surface area (Å²) in [7, 11) is 0. The number of esters is 3. The highest BCUT2D eigenvalue weighted by Gasteiger charge is 2.51. The smallest absolute Gasteiger partial charge is 0.303 e. The number of benzene rings is 1. The number of ether oxygens (including phenoxy) is 5. The van der Waals surface area contributed by atoms with Gasteiger partial charge >= 0.3 is 17.9 Å². The Morgan fingerprint density at radius 1 is 0.935 bits per heavy atom. The Hall–Kier alpha value is -2.66. The fourth-order valence-electron chi connectivity index (χ4n) is 3.04. The van der Waals surface area contributed by atoms with Gasteiger partial charge in [-0.1, -0.05) is 15.9 Å². The van der Waals surface area contributed by atoms with Crippen LogP contribution in [0.15, 0.2) is 28.7 Å². The number of rotatable bonds is 7. The molecule has 1 saturated heterocycles. The minimum Gasteiger partial charge on any atom is -0.463 e. The molecule has 0 aliphatic carbocycles. The number of amides is 1. The molecule has 1 aliphatic rings. The van der Waals surface area contributed by atoms with Crippen LogP contribution in [0.3, 0.4) is 0 Å². The molecule has 1 fully saturated rings. The van der Waals surface area contributed by atoms with Gasteiger partial charge in [0.2, 0.25) is 12.2 Å². The Morgan fingerprint density at radius 2 is 1.52 bits per heavy atom. The molecule has 1 heterocycles. The summed E-state index contributed by atoms with van der Waals surface area (Å²) in [5, 5.41) is 2.63. The van der Waals surface area contributed by atoms with Gasteiger partial charge in [-0.25, -0.2) is 0 Å². The van der Waals surface area contributed by atoms with Gasteiger partial charge in [0.25, 0.3) is 0 Å². The minimum absolute atomic E-state index is 0.294. The van der Waals surface area contributed by atoms with Crippen LogP contribution in [0.1, 0.15) is 27.7 Å². The topological polar surface area (TPSA) is 126 Å². The van der Waals surface area contributed by atoms with Crippen molar-refractivity contribution < 1.29 is 42.9 Å². The van der Waals surface area contributed by atoms with Crippen molar-refractivity contribution in [3.8, 4) is 5.75 Å². The maximum absolute atomic E-state index is 11.9. The van der Waals surface area contributed by atoms with Crippen LogP contribution in [0.25, 0.3) is 0 Å². The van der Waals surface area contributed by atoms with Gasteiger partial charge in [0.05, 0.1) is 0 Å². The third kappa shape index (κ3) is 7.51. The van der Waals surface area contributed by atoms with Crippen molar-refractivity contribution in [3.05, 3.63) is 28.7 Å². The summed E-state index contributed by atoms with van der Waals surface area (Å²) in [6.45, 7) is 4.54. The first kappa shape index (κ1) is 24.6. The third-order valence-corrected chi connectivity index (χ3v) is 4.67. The molecule has 1 amide bonds. The van der Waals surface area contributed by atoms with E-state index in [1.807, 2.05) is 0 Å². The lowest BCUT2D eigenvalue weighted by Crippen LogP contribution is -2.67. The van der Waals surface area contributed by atoms with E-state index in [0.29, 0.717) is 5.75 Å². The Labute approximate surface area is 187 Å². The van der Waals surface area contributed by atoms with Crippen molar-refractivity contribution in [3.63, 3.8) is 0 Å². The summed E-state index contributed by atoms with van der Waals surface area (Å²) in [6.07, 6.45) is -4.51. The highest BCUT2D eigenvalue weighted by molar-refractivity contribution is 9.10. The minimum atomic E-state index is -1.17. The Bertz CT molecular complexity index is 813. The average Bonchev–Trinajstić information content (AvgIpc) is 2.65. The second kappa shape index (κ2) is 11.1. The van der Waals surface area contributed by atoms with Crippen LogP contribution in [0.2, 0.25) is 0 Å². The van der Waals surface area contributed by atoms with Crippen LogP contribution in [0.5, 0.6) is 5.75 Å². The highest BCUT2D eigenvalue weighted by atomic mass is 79.9. The lowest BCUT2D eigenvalue weighted by Gasteiger charge is -2.44. The quantitative estimate of drug-likeness (QED) is 0.436. The number of nitrogens with one attached hydrogen (secondary N) is 1. The molecule has 1 aromatic rings. The monoisotopic (exact) mass is 501 g/mol. The average molecular weight is 502 g/mol. The van der Waals surface area contributed by atoms with Crippen molar-refractivity contribution in [2.24, 2.45) is 0 Å². The van der Waals surface area contributed by atoms with Gasteiger partial charge in [0, 0.05) is 32.2 Å². The zero-order valence-electron chi connectivity index (χ0n) is 17.5. The number of hydrogen-bond donors (Lipinski definition) is 1. The molecule has 5 atom stereocenters. The van der Waals surface area contributed by atoms with Gasteiger partial charge < -0.3 is 29.0 Å². The van der Waals surface area contributed by atoms with E-state index >= 15 is 0 Å². The van der Waals surface area contributed by atoms with Gasteiger partial charge in [-0.15, -0.1) is 0 Å². The Balaban J connectivity index is 2.43. The number of carbonyl (C=O) groups is 4. The molecule has 1 aliphatic heterocycles. The summed E-state index contributed by atoms with van der Waals surface area (Å²) < 4.78 is 28.4. The van der Waals surface area contributed by atoms with E-state index in [1.54, 1.807) is 24.3 Å². The Morgan fingerprint density at radius 3 is 2.03 bits per heavy atom. The zero-order chi connectivity index (χ0) is 23.1. The summed E-state index contributed by atoms with van der Waals surface area (Å²) in [5.74, 6) is -1.97. The molecule has 0 spiro atoms. The van der Waals surface area contributed by atoms with Gasteiger partial charge in [0.1, 0.15) is 24.5 Å². The molecule has 170 valence electrons. The van der Waals surface area contributed by atoms with Crippen molar-refractivity contribution >= 4 is 39.7 Å². The standard InChI is InChI=1S/C20H24BrNO9/c1-10(23)22-17-19(29-13(4)26)18(28-12(3)25)16(9-27-11(2)24)31-20(17)30-15-7-5-14(21)6-8-15/h5-8,16-20H,9H2,1-4H3,(H,22,23). The molecule has 2 rings (SSSR count). The predicted octanol–water partition coefficient (Wildman–Crippen LogP) is 1.48. The molecule has 0 radical (unpaired) electrons. The third-order valence-electron chi connectivity index (χ3n) is 4.14. The van der Waals surface area contributed by atoms with Crippen LogP contribution >= 0.6 is 15.9 Å². The summed E-state index contributed by atoms with van der Waals surface area (Å²) >= 11 is 3.33. The summed E-state index contributed by atoms with van der Waals surface area (Å²) in [4.78, 5) is 46.7. The molecular formula is C20H24BrNO9. The Kier molecular flexibility index (Phi) is 8.81. The van der Waals surface area contributed by atoms with E-state index in [4.69, 9.17) is 23.7 Å². The molecule has 11 heteroatoms. The lowest BCUT2D eigenvalue weighted by atomic mass is 9.96. The van der Waals surface area contributed by atoms with Crippen LogP contribution in [0.4, 0.5) is 0 Å². The van der Waals surface area contributed by atoms with E-state index < -0.39 is 54.5 Å². The molecule has 1 N–H and O–H groups in total. The molecule has 0 saturated carbocycles. The summed E-state index contributed by atoms with van der Waals surface area (Å²) in [5.41, 5.74) is 0. The van der Waals surface area contributed by atoms with Gasteiger partial charge in [0.15, 0.2) is 12.2 Å². The normalized spacial score (nSPS) is 25.1. The summed E-state index contributed by atoms with van der Waals surface area (Å²) in [6, 6.07) is 5.79. The maximum Gasteiger partial charge on any atom is 0.303 e. The number of halogens is 1. The van der Waals surface area contributed by atoms with Gasteiger partial charge in [-0.2, -0.15) is 0 Å². The van der Waals surface area contributed by atoms with Crippen molar-refractivity contribution in [1.82, 2.24) is 5.32 Å². The second-order valence-corrected chi connectivity index (χ2v) is 7.71. The molecule has 0 bridgehead atoms. The number of carbonyl (C=O) groups excluding carboxylic acids is 4. The molecule has 5 unspecified atom stereocenters. The molecular weight excluding hydrogens is 478 g/mol. The first-order chi connectivity index (χ1) is 14.6. The second-order valence-electron chi connectivity index (χ2n) is 6.79. The zero-order valence-corrected chi connectivity index (χ0v) is 19.0. The molecule has 10 nitrogen and oxygen atoms in total. The van der Waals surface area contributed by atoms with Crippen molar-refractivity contribution in [2.45, 2.75) is 58.3 Å². The lowest BCUT2D eigenvalue weighted by molar-refractivity contribution is -0.257. The largest absolute Gasteiger partial charge is 0.463 e. The fourth-order valence-corrected chi connectivity index (χ4v) is 3.30. The van der Waals surface area contributed by atoms with E-state index in [0.717, 1.165) is 4.47 Å². The van der Waals surface area contributed by atoms with E-state index in [1.165, 1.54) is 27.7 Å². The van der Waals surface area contributed by atoms with Gasteiger partial charge in [-0.3, -0.25) is 19.2 Å². The highest BCUT2D eigenvalue weighted by Crippen LogP contribution is 2.29. The molecule has 31 heavy (non-hydrogen) atoms. The van der Waals surface area contributed by atoms with Crippen LogP contribution in [0, 0.1) is 0 Å². The first-order valence-corrected chi connectivity index (χ1v) is 10.2. The fraction of sp³-hybridized carbons (Fsp3) is 0.500.